The lowest BCUT2D eigenvalue weighted by Gasteiger charge is -2.12. The molecular formula is C15H23N. The third kappa shape index (κ3) is 3.34. The Bertz CT molecular complexity index is 294. The molecule has 0 aliphatic heterocycles. The first-order valence-electron chi connectivity index (χ1n) is 6.65. The average molecular weight is 217 g/mol. The van der Waals surface area contributed by atoms with E-state index in [4.69, 9.17) is 0 Å². The lowest BCUT2D eigenvalue weighted by atomic mass is 9.98. The van der Waals surface area contributed by atoms with Gasteiger partial charge in [-0.15, -0.1) is 0 Å². The van der Waals surface area contributed by atoms with Gasteiger partial charge in [0.15, 0.2) is 0 Å². The Labute approximate surface area is 99.3 Å². The highest BCUT2D eigenvalue weighted by Gasteiger charge is 2.23. The second kappa shape index (κ2) is 6.05. The van der Waals surface area contributed by atoms with E-state index in [-0.39, 0.29) is 0 Å². The van der Waals surface area contributed by atoms with Crippen molar-refractivity contribution in [1.29, 1.82) is 0 Å². The number of nitrogens with one attached hydrogen (secondary N) is 1. The Morgan fingerprint density at radius 1 is 1.19 bits per heavy atom. The Hall–Kier alpha value is -0.820. The van der Waals surface area contributed by atoms with Crippen LogP contribution in [0.1, 0.15) is 38.2 Å². The molecule has 2 rings (SSSR count). The van der Waals surface area contributed by atoms with E-state index in [0.717, 1.165) is 12.0 Å². The highest BCUT2D eigenvalue weighted by molar-refractivity contribution is 5.15. The molecule has 1 aliphatic rings. The normalized spacial score (nSPS) is 24.8. The fourth-order valence-electron chi connectivity index (χ4n) is 2.74. The molecule has 0 bridgehead atoms. The number of hydrogen-bond donors (Lipinski definition) is 1. The third-order valence-corrected chi connectivity index (χ3v) is 3.59. The smallest absolute Gasteiger partial charge is 0.00699 e. The third-order valence-electron chi connectivity index (χ3n) is 3.59. The molecule has 1 fully saturated rings. The Morgan fingerprint density at radius 3 is 2.75 bits per heavy atom. The van der Waals surface area contributed by atoms with E-state index >= 15 is 0 Å². The van der Waals surface area contributed by atoms with Gasteiger partial charge in [-0.05, 0) is 50.1 Å². The topological polar surface area (TPSA) is 12.0 Å². The molecule has 0 radical (unpaired) electrons. The molecule has 1 aromatic rings. The summed E-state index contributed by atoms with van der Waals surface area (Å²) >= 11 is 0. The zero-order valence-corrected chi connectivity index (χ0v) is 10.3. The van der Waals surface area contributed by atoms with Gasteiger partial charge in [-0.3, -0.25) is 0 Å². The second-order valence-corrected chi connectivity index (χ2v) is 5.02. The molecule has 2 atom stereocenters. The molecule has 0 spiro atoms. The number of rotatable bonds is 5. The molecular weight excluding hydrogens is 194 g/mol. The summed E-state index contributed by atoms with van der Waals surface area (Å²) in [5, 5.41) is 3.65. The molecule has 1 saturated carbocycles. The first-order valence-corrected chi connectivity index (χ1v) is 6.65. The molecule has 16 heavy (non-hydrogen) atoms. The van der Waals surface area contributed by atoms with Crippen molar-refractivity contribution in [2.75, 3.05) is 6.54 Å². The van der Waals surface area contributed by atoms with Crippen LogP contribution in [0.15, 0.2) is 30.3 Å². The van der Waals surface area contributed by atoms with Crippen molar-refractivity contribution in [1.82, 2.24) is 5.32 Å². The second-order valence-electron chi connectivity index (χ2n) is 5.02. The van der Waals surface area contributed by atoms with Gasteiger partial charge in [0, 0.05) is 6.04 Å². The van der Waals surface area contributed by atoms with E-state index in [1.807, 2.05) is 0 Å². The summed E-state index contributed by atoms with van der Waals surface area (Å²) in [7, 11) is 0. The Morgan fingerprint density at radius 2 is 2.00 bits per heavy atom. The van der Waals surface area contributed by atoms with Crippen LogP contribution in [0.25, 0.3) is 0 Å². The SMILES string of the molecule is CCCNC1CCC(Cc2ccccc2)C1. The number of hydrogen-bond acceptors (Lipinski definition) is 1. The molecule has 0 heterocycles. The van der Waals surface area contributed by atoms with Crippen LogP contribution in [0, 0.1) is 5.92 Å². The highest BCUT2D eigenvalue weighted by Crippen LogP contribution is 2.28. The Kier molecular flexibility index (Phi) is 4.41. The quantitative estimate of drug-likeness (QED) is 0.797. The largest absolute Gasteiger partial charge is 0.314 e. The van der Waals surface area contributed by atoms with Gasteiger partial charge in [-0.2, -0.15) is 0 Å². The average Bonchev–Trinajstić information content (AvgIpc) is 2.75. The van der Waals surface area contributed by atoms with Gasteiger partial charge in [0.2, 0.25) is 0 Å². The summed E-state index contributed by atoms with van der Waals surface area (Å²) in [5.74, 6) is 0.900. The van der Waals surface area contributed by atoms with Crippen LogP contribution >= 0.6 is 0 Å². The van der Waals surface area contributed by atoms with E-state index in [1.165, 1.54) is 44.2 Å². The van der Waals surface area contributed by atoms with Crippen molar-refractivity contribution in [2.24, 2.45) is 5.92 Å². The zero-order chi connectivity index (χ0) is 11.2. The van der Waals surface area contributed by atoms with Crippen LogP contribution in [0.3, 0.4) is 0 Å². The first-order chi connectivity index (χ1) is 7.88. The van der Waals surface area contributed by atoms with Gasteiger partial charge >= 0.3 is 0 Å². The monoisotopic (exact) mass is 217 g/mol. The van der Waals surface area contributed by atoms with Gasteiger partial charge < -0.3 is 5.32 Å². The molecule has 1 nitrogen and oxygen atoms in total. The van der Waals surface area contributed by atoms with E-state index in [9.17, 15) is 0 Å². The zero-order valence-electron chi connectivity index (χ0n) is 10.3. The van der Waals surface area contributed by atoms with E-state index < -0.39 is 0 Å². The van der Waals surface area contributed by atoms with Crippen molar-refractivity contribution in [2.45, 2.75) is 45.1 Å². The molecule has 2 unspecified atom stereocenters. The van der Waals surface area contributed by atoms with Crippen LogP contribution in [0.4, 0.5) is 0 Å². The summed E-state index contributed by atoms with van der Waals surface area (Å²) in [6.45, 7) is 3.42. The maximum absolute atomic E-state index is 3.65. The van der Waals surface area contributed by atoms with E-state index in [0.29, 0.717) is 0 Å². The summed E-state index contributed by atoms with van der Waals surface area (Å²) in [5.41, 5.74) is 1.50. The molecule has 0 saturated heterocycles. The van der Waals surface area contributed by atoms with Gasteiger partial charge in [0.1, 0.15) is 0 Å². The van der Waals surface area contributed by atoms with Crippen LogP contribution in [-0.2, 0) is 6.42 Å². The molecule has 0 aromatic heterocycles. The summed E-state index contributed by atoms with van der Waals surface area (Å²) in [4.78, 5) is 0. The minimum absolute atomic E-state index is 0.786. The predicted octanol–water partition coefficient (Wildman–Crippen LogP) is 3.40. The van der Waals surface area contributed by atoms with Crippen molar-refractivity contribution < 1.29 is 0 Å². The molecule has 88 valence electrons. The fraction of sp³-hybridized carbons (Fsp3) is 0.600. The van der Waals surface area contributed by atoms with Crippen LogP contribution in [0.5, 0.6) is 0 Å². The Balaban J connectivity index is 1.76. The van der Waals surface area contributed by atoms with Crippen molar-refractivity contribution in [3.05, 3.63) is 35.9 Å². The van der Waals surface area contributed by atoms with Crippen molar-refractivity contribution in [3.63, 3.8) is 0 Å². The van der Waals surface area contributed by atoms with Gasteiger partial charge in [0.25, 0.3) is 0 Å². The van der Waals surface area contributed by atoms with Crippen LogP contribution < -0.4 is 5.32 Å². The van der Waals surface area contributed by atoms with Crippen molar-refractivity contribution in [3.8, 4) is 0 Å². The maximum Gasteiger partial charge on any atom is 0.00699 e. The maximum atomic E-state index is 3.65. The fourth-order valence-corrected chi connectivity index (χ4v) is 2.74. The standard InChI is InChI=1S/C15H23N/c1-2-10-16-15-9-8-14(12-15)11-13-6-4-3-5-7-13/h3-7,14-16H,2,8-12H2,1H3. The summed E-state index contributed by atoms with van der Waals surface area (Å²) in [6.07, 6.45) is 6.66. The number of benzene rings is 1. The molecule has 0 amide bonds. The minimum atomic E-state index is 0.786. The molecule has 1 heteroatoms. The molecule has 1 aromatic carbocycles. The van der Waals surface area contributed by atoms with Gasteiger partial charge in [-0.25, -0.2) is 0 Å². The lowest BCUT2D eigenvalue weighted by molar-refractivity contribution is 0.484. The molecule has 1 aliphatic carbocycles. The van der Waals surface area contributed by atoms with Crippen LogP contribution in [0.2, 0.25) is 0 Å². The molecule has 1 N–H and O–H groups in total. The lowest BCUT2D eigenvalue weighted by Crippen LogP contribution is -2.27. The summed E-state index contributed by atoms with van der Waals surface area (Å²) in [6, 6.07) is 11.7. The minimum Gasteiger partial charge on any atom is -0.314 e. The first kappa shape index (κ1) is 11.7. The van der Waals surface area contributed by atoms with E-state index in [1.54, 1.807) is 0 Å². The van der Waals surface area contributed by atoms with E-state index in [2.05, 4.69) is 42.6 Å². The van der Waals surface area contributed by atoms with Crippen molar-refractivity contribution >= 4 is 0 Å². The van der Waals surface area contributed by atoms with Gasteiger partial charge in [0.05, 0.1) is 0 Å². The van der Waals surface area contributed by atoms with Crippen LogP contribution in [-0.4, -0.2) is 12.6 Å². The highest BCUT2D eigenvalue weighted by atomic mass is 14.9. The predicted molar refractivity (Wildman–Crippen MR) is 69.6 cm³/mol. The summed E-state index contributed by atoms with van der Waals surface area (Å²) < 4.78 is 0. The van der Waals surface area contributed by atoms with Gasteiger partial charge in [-0.1, -0.05) is 37.3 Å².